The van der Waals surface area contributed by atoms with Crippen LogP contribution in [0.5, 0.6) is 0 Å². The lowest BCUT2D eigenvalue weighted by molar-refractivity contribution is -0.173. The van der Waals surface area contributed by atoms with Crippen LogP contribution in [0.1, 0.15) is 26.4 Å². The Morgan fingerprint density at radius 2 is 1.70 bits per heavy atom. The van der Waals surface area contributed by atoms with Crippen molar-refractivity contribution < 1.29 is 31.9 Å². The molecule has 7 nitrogen and oxygen atoms in total. The number of anilines is 1. The van der Waals surface area contributed by atoms with E-state index in [4.69, 9.17) is 0 Å². The number of hydrogen-bond acceptors (Lipinski definition) is 5. The molecule has 0 aliphatic rings. The molecule has 11 heteroatoms. The van der Waals surface area contributed by atoms with Gasteiger partial charge in [0.15, 0.2) is 5.78 Å². The quantitative estimate of drug-likeness (QED) is 0.432. The predicted octanol–water partition coefficient (Wildman–Crippen LogP) is 3.32. The largest absolute Gasteiger partial charge is 0.471 e. The zero-order valence-corrected chi connectivity index (χ0v) is 16.8. The number of hydrogen-bond donors (Lipinski definition) is 1. The number of ketones is 1. The van der Waals surface area contributed by atoms with Gasteiger partial charge in [0, 0.05) is 35.4 Å². The van der Waals surface area contributed by atoms with Gasteiger partial charge in [-0.25, -0.2) is 4.39 Å². The lowest BCUT2D eigenvalue weighted by atomic mass is 10.1. The number of Topliss-reactive ketones (excluding diaryl/α,β-unsaturated/α-hetero) is 1. The minimum Gasteiger partial charge on any atom is -0.341 e. The van der Waals surface area contributed by atoms with Crippen LogP contribution in [0.2, 0.25) is 0 Å². The second-order valence-corrected chi connectivity index (χ2v) is 6.75. The van der Waals surface area contributed by atoms with E-state index in [0.717, 1.165) is 6.20 Å². The molecule has 2 heterocycles. The maximum atomic E-state index is 13.8. The van der Waals surface area contributed by atoms with Crippen molar-refractivity contribution in [2.45, 2.75) is 12.7 Å². The Morgan fingerprint density at radius 1 is 0.970 bits per heavy atom. The zero-order chi connectivity index (χ0) is 24.0. The second-order valence-electron chi connectivity index (χ2n) is 6.75. The number of amides is 2. The molecular weight excluding hydrogens is 444 g/mol. The number of aromatic nitrogens is 2. The fourth-order valence-corrected chi connectivity index (χ4v) is 2.78. The number of benzene rings is 1. The minimum atomic E-state index is -5.09. The normalized spacial score (nSPS) is 11.0. The number of halogens is 4. The minimum absolute atomic E-state index is 0.0287. The lowest BCUT2D eigenvalue weighted by Gasteiger charge is -2.23. The van der Waals surface area contributed by atoms with E-state index >= 15 is 0 Å². The molecule has 0 spiro atoms. The van der Waals surface area contributed by atoms with Crippen LogP contribution in [0, 0.1) is 5.82 Å². The third-order valence-corrected chi connectivity index (χ3v) is 4.43. The summed E-state index contributed by atoms with van der Waals surface area (Å²) in [5.74, 6) is -3.99. The van der Waals surface area contributed by atoms with Crippen LogP contribution in [0.4, 0.5) is 23.2 Å². The first-order valence-electron chi connectivity index (χ1n) is 9.46. The molecule has 0 bridgehead atoms. The number of nitrogens with zero attached hydrogens (tertiary/aromatic N) is 3. The van der Waals surface area contributed by atoms with Gasteiger partial charge in [0.05, 0.1) is 18.8 Å². The van der Waals surface area contributed by atoms with Gasteiger partial charge in [-0.15, -0.1) is 0 Å². The summed E-state index contributed by atoms with van der Waals surface area (Å²) in [5.41, 5.74) is 0.881. The molecule has 1 aromatic carbocycles. The Morgan fingerprint density at radius 3 is 2.30 bits per heavy atom. The summed E-state index contributed by atoms with van der Waals surface area (Å²) in [4.78, 5) is 45.1. The van der Waals surface area contributed by atoms with E-state index in [2.05, 4.69) is 9.97 Å². The van der Waals surface area contributed by atoms with Crippen molar-refractivity contribution in [2.75, 3.05) is 11.4 Å². The number of alkyl halides is 3. The Balaban J connectivity index is 1.77. The summed E-state index contributed by atoms with van der Waals surface area (Å²) in [6, 6.07) is 11.1. The number of carbonyl (C=O) groups is 3. The van der Waals surface area contributed by atoms with E-state index in [9.17, 15) is 31.9 Å². The zero-order valence-electron chi connectivity index (χ0n) is 16.8. The Labute approximate surface area is 185 Å². The van der Waals surface area contributed by atoms with Crippen molar-refractivity contribution in [1.29, 1.82) is 0 Å². The maximum absolute atomic E-state index is 13.8. The summed E-state index contributed by atoms with van der Waals surface area (Å²) in [6.07, 6.45) is -1.09. The molecule has 1 N–H and O–H groups in total. The number of pyridine rings is 2. The number of rotatable bonds is 7. The Bertz CT molecular complexity index is 1150. The van der Waals surface area contributed by atoms with Crippen molar-refractivity contribution in [1.82, 2.24) is 15.3 Å². The van der Waals surface area contributed by atoms with E-state index in [1.807, 2.05) is 0 Å². The van der Waals surface area contributed by atoms with E-state index in [1.54, 1.807) is 6.07 Å². The van der Waals surface area contributed by atoms with Crippen LogP contribution in [-0.4, -0.2) is 40.3 Å². The molecular formula is C22H16F4N4O3. The van der Waals surface area contributed by atoms with Crippen LogP contribution in [-0.2, 0) is 11.3 Å². The first-order valence-corrected chi connectivity index (χ1v) is 9.46. The standard InChI is InChI=1S/C22H16F4N4O3/c23-16-2-1-3-18(10-16)30(20(32)14-6-8-27-9-7-14)13-17-5-4-15(11-28-17)19(31)12-29-21(33)22(24,25)26/h1-11H,12-13H2,(H,29,33). The molecule has 0 saturated heterocycles. The predicted molar refractivity (Wildman–Crippen MR) is 109 cm³/mol. The van der Waals surface area contributed by atoms with Crippen molar-refractivity contribution >= 4 is 23.3 Å². The molecule has 170 valence electrons. The van der Waals surface area contributed by atoms with Gasteiger partial charge in [-0.1, -0.05) is 6.07 Å². The van der Waals surface area contributed by atoms with Gasteiger partial charge in [-0.3, -0.25) is 24.4 Å². The third-order valence-electron chi connectivity index (χ3n) is 4.43. The Kier molecular flexibility index (Phi) is 7.11. The smallest absolute Gasteiger partial charge is 0.341 e. The first kappa shape index (κ1) is 23.5. The summed E-state index contributed by atoms with van der Waals surface area (Å²) in [6.45, 7) is -0.931. The first-order chi connectivity index (χ1) is 15.6. The highest BCUT2D eigenvalue weighted by Crippen LogP contribution is 2.21. The molecule has 33 heavy (non-hydrogen) atoms. The van der Waals surface area contributed by atoms with Crippen LogP contribution < -0.4 is 10.2 Å². The SMILES string of the molecule is O=C(CNC(=O)C(F)(F)F)c1ccc(CN(C(=O)c2ccncc2)c2cccc(F)c2)nc1. The molecule has 3 rings (SSSR count). The fourth-order valence-electron chi connectivity index (χ4n) is 2.78. The second kappa shape index (κ2) is 9.98. The van der Waals surface area contributed by atoms with Gasteiger partial charge >= 0.3 is 12.1 Å². The van der Waals surface area contributed by atoms with Crippen molar-refractivity contribution in [3.63, 3.8) is 0 Å². The molecule has 2 amide bonds. The monoisotopic (exact) mass is 460 g/mol. The molecule has 0 fully saturated rings. The molecule has 2 aromatic heterocycles. The van der Waals surface area contributed by atoms with E-state index < -0.39 is 36.1 Å². The molecule has 0 unspecified atom stereocenters. The molecule has 0 radical (unpaired) electrons. The molecule has 0 aliphatic carbocycles. The van der Waals surface area contributed by atoms with Gasteiger partial charge in [0.25, 0.3) is 5.91 Å². The van der Waals surface area contributed by atoms with Gasteiger partial charge in [0.1, 0.15) is 5.82 Å². The number of carbonyl (C=O) groups excluding carboxylic acids is 3. The van der Waals surface area contributed by atoms with Crippen molar-refractivity contribution in [3.05, 3.63) is 89.8 Å². The summed E-state index contributed by atoms with van der Waals surface area (Å²) < 4.78 is 50.5. The Hall–Kier alpha value is -4.15. The fraction of sp³-hybridized carbons (Fsp3) is 0.136. The van der Waals surface area contributed by atoms with Gasteiger partial charge in [-0.05, 0) is 42.5 Å². The van der Waals surface area contributed by atoms with Crippen molar-refractivity contribution in [3.8, 4) is 0 Å². The van der Waals surface area contributed by atoms with Gasteiger partial charge in [0.2, 0.25) is 0 Å². The topological polar surface area (TPSA) is 92.3 Å². The van der Waals surface area contributed by atoms with Crippen LogP contribution in [0.15, 0.2) is 67.1 Å². The number of nitrogens with one attached hydrogen (secondary N) is 1. The highest BCUT2D eigenvalue weighted by atomic mass is 19.4. The highest BCUT2D eigenvalue weighted by Gasteiger charge is 2.38. The van der Waals surface area contributed by atoms with Crippen LogP contribution in [0.3, 0.4) is 0 Å². The van der Waals surface area contributed by atoms with Crippen LogP contribution >= 0.6 is 0 Å². The van der Waals surface area contributed by atoms with E-state index in [-0.39, 0.29) is 17.8 Å². The third kappa shape index (κ3) is 6.19. The van der Waals surface area contributed by atoms with Crippen LogP contribution in [0.25, 0.3) is 0 Å². The summed E-state index contributed by atoms with van der Waals surface area (Å²) >= 11 is 0. The molecule has 3 aromatic rings. The molecule has 0 aliphatic heterocycles. The van der Waals surface area contributed by atoms with Gasteiger partial charge < -0.3 is 10.2 Å². The maximum Gasteiger partial charge on any atom is 0.471 e. The van der Waals surface area contributed by atoms with Crippen molar-refractivity contribution in [2.24, 2.45) is 0 Å². The lowest BCUT2D eigenvalue weighted by Crippen LogP contribution is -2.39. The molecule has 0 saturated carbocycles. The highest BCUT2D eigenvalue weighted by molar-refractivity contribution is 6.06. The summed E-state index contributed by atoms with van der Waals surface area (Å²) in [7, 11) is 0. The average molecular weight is 460 g/mol. The van der Waals surface area contributed by atoms with E-state index in [0.29, 0.717) is 11.3 Å². The average Bonchev–Trinajstić information content (AvgIpc) is 2.80. The molecule has 0 atom stereocenters. The van der Waals surface area contributed by atoms with E-state index in [1.165, 1.54) is 65.1 Å². The summed E-state index contributed by atoms with van der Waals surface area (Å²) in [5, 5.41) is 1.49. The van der Waals surface area contributed by atoms with Gasteiger partial charge in [-0.2, -0.15) is 13.2 Å².